The number of anilines is 1. The minimum absolute atomic E-state index is 0.0573. The SMILES string of the molecule is Cn1cccc1-c1cc(C(=O)N[C@@H]2CCCN(c3ncccn3)C2)[nH]n1. The molecule has 0 saturated carbocycles. The Morgan fingerprint density at radius 2 is 2.15 bits per heavy atom. The highest BCUT2D eigenvalue weighted by Gasteiger charge is 2.24. The predicted molar refractivity (Wildman–Crippen MR) is 97.7 cm³/mol. The van der Waals surface area contributed by atoms with Gasteiger partial charge in [-0.25, -0.2) is 9.97 Å². The van der Waals surface area contributed by atoms with E-state index in [2.05, 4.69) is 30.4 Å². The zero-order valence-electron chi connectivity index (χ0n) is 14.6. The fourth-order valence-corrected chi connectivity index (χ4v) is 3.29. The van der Waals surface area contributed by atoms with Crippen molar-refractivity contribution in [1.29, 1.82) is 0 Å². The van der Waals surface area contributed by atoms with Crippen molar-refractivity contribution in [3.05, 3.63) is 48.5 Å². The topological polar surface area (TPSA) is 91.7 Å². The lowest BCUT2D eigenvalue weighted by Gasteiger charge is -2.32. The molecule has 1 aliphatic heterocycles. The first-order valence-electron chi connectivity index (χ1n) is 8.70. The van der Waals surface area contributed by atoms with Crippen LogP contribution in [0.2, 0.25) is 0 Å². The number of hydrogen-bond donors (Lipinski definition) is 2. The van der Waals surface area contributed by atoms with Gasteiger partial charge in [-0.05, 0) is 37.1 Å². The average Bonchev–Trinajstić information content (AvgIpc) is 3.31. The number of rotatable bonds is 4. The van der Waals surface area contributed by atoms with Crippen molar-refractivity contribution >= 4 is 11.9 Å². The Hall–Kier alpha value is -3.16. The van der Waals surface area contributed by atoms with E-state index in [1.807, 2.05) is 29.9 Å². The molecule has 0 bridgehead atoms. The van der Waals surface area contributed by atoms with Crippen molar-refractivity contribution < 1.29 is 4.79 Å². The molecular weight excluding hydrogens is 330 g/mol. The quantitative estimate of drug-likeness (QED) is 0.745. The number of hydrogen-bond acceptors (Lipinski definition) is 5. The van der Waals surface area contributed by atoms with Crippen molar-refractivity contribution in [1.82, 2.24) is 30.0 Å². The zero-order valence-corrected chi connectivity index (χ0v) is 14.6. The van der Waals surface area contributed by atoms with Crippen LogP contribution in [0.15, 0.2) is 42.9 Å². The zero-order chi connectivity index (χ0) is 17.9. The number of amides is 1. The molecule has 1 atom stereocenters. The Morgan fingerprint density at radius 1 is 1.31 bits per heavy atom. The molecule has 0 aliphatic carbocycles. The number of H-pyrrole nitrogens is 1. The van der Waals surface area contributed by atoms with E-state index in [0.29, 0.717) is 18.2 Å². The summed E-state index contributed by atoms with van der Waals surface area (Å²) in [5.74, 6) is 0.567. The first kappa shape index (κ1) is 16.3. The molecule has 3 aromatic rings. The number of aryl methyl sites for hydroxylation is 1. The van der Waals surface area contributed by atoms with Gasteiger partial charge >= 0.3 is 0 Å². The molecule has 0 radical (unpaired) electrons. The maximum Gasteiger partial charge on any atom is 0.269 e. The fraction of sp³-hybridized carbons (Fsp3) is 0.333. The van der Waals surface area contributed by atoms with Gasteiger partial charge < -0.3 is 14.8 Å². The van der Waals surface area contributed by atoms with Crippen molar-refractivity contribution in [2.75, 3.05) is 18.0 Å². The number of carbonyl (C=O) groups is 1. The lowest BCUT2D eigenvalue weighted by atomic mass is 10.1. The second kappa shape index (κ2) is 6.99. The highest BCUT2D eigenvalue weighted by Crippen LogP contribution is 2.18. The summed E-state index contributed by atoms with van der Waals surface area (Å²) in [6.45, 7) is 1.60. The molecule has 4 heterocycles. The lowest BCUT2D eigenvalue weighted by Crippen LogP contribution is -2.48. The van der Waals surface area contributed by atoms with Gasteiger partial charge in [-0.3, -0.25) is 9.89 Å². The number of nitrogens with zero attached hydrogens (tertiary/aromatic N) is 5. The molecule has 0 spiro atoms. The fourth-order valence-electron chi connectivity index (χ4n) is 3.29. The molecule has 3 aromatic heterocycles. The van der Waals surface area contributed by atoms with Crippen LogP contribution in [0.1, 0.15) is 23.3 Å². The summed E-state index contributed by atoms with van der Waals surface area (Å²) in [6, 6.07) is 7.56. The van der Waals surface area contributed by atoms with Crippen LogP contribution in [0.5, 0.6) is 0 Å². The van der Waals surface area contributed by atoms with Gasteiger partial charge in [0.05, 0.1) is 5.69 Å². The van der Waals surface area contributed by atoms with Crippen LogP contribution in [0.4, 0.5) is 5.95 Å². The van der Waals surface area contributed by atoms with E-state index in [9.17, 15) is 4.79 Å². The first-order valence-corrected chi connectivity index (χ1v) is 8.70. The van der Waals surface area contributed by atoms with E-state index < -0.39 is 0 Å². The maximum absolute atomic E-state index is 12.6. The Bertz CT molecular complexity index is 886. The summed E-state index contributed by atoms with van der Waals surface area (Å²) >= 11 is 0. The highest BCUT2D eigenvalue weighted by molar-refractivity contribution is 5.93. The van der Waals surface area contributed by atoms with Gasteiger partial charge in [-0.2, -0.15) is 5.10 Å². The highest BCUT2D eigenvalue weighted by atomic mass is 16.2. The molecule has 8 heteroatoms. The van der Waals surface area contributed by atoms with Crippen LogP contribution in [-0.2, 0) is 7.05 Å². The third-order valence-corrected chi connectivity index (χ3v) is 4.62. The molecular formula is C18H21N7O. The molecule has 8 nitrogen and oxygen atoms in total. The van der Waals surface area contributed by atoms with Gasteiger partial charge in [-0.15, -0.1) is 0 Å². The standard InChI is InChI=1S/C18H21N7O/c1-24-9-3-6-16(24)14-11-15(23-22-14)17(26)21-13-5-2-10-25(12-13)18-19-7-4-8-20-18/h3-4,6-9,11,13H,2,5,10,12H2,1H3,(H,21,26)(H,22,23)/t13-/m1/s1. The molecule has 2 N–H and O–H groups in total. The van der Waals surface area contributed by atoms with Crippen LogP contribution in [0.25, 0.3) is 11.4 Å². The van der Waals surface area contributed by atoms with Crippen molar-refractivity contribution in [2.45, 2.75) is 18.9 Å². The van der Waals surface area contributed by atoms with Crippen molar-refractivity contribution in [3.8, 4) is 11.4 Å². The van der Waals surface area contributed by atoms with Gasteiger partial charge in [-0.1, -0.05) is 0 Å². The molecule has 0 aromatic carbocycles. The largest absolute Gasteiger partial charge is 0.349 e. The van der Waals surface area contributed by atoms with E-state index >= 15 is 0 Å². The summed E-state index contributed by atoms with van der Waals surface area (Å²) in [5, 5.41) is 10.2. The minimum atomic E-state index is -0.140. The number of carbonyl (C=O) groups excluding carboxylic acids is 1. The van der Waals surface area contributed by atoms with E-state index in [1.54, 1.807) is 24.5 Å². The number of aromatic amines is 1. The Kier molecular flexibility index (Phi) is 4.39. The summed E-state index contributed by atoms with van der Waals surface area (Å²) in [7, 11) is 1.95. The summed E-state index contributed by atoms with van der Waals surface area (Å²) in [6.07, 6.45) is 7.35. The molecule has 1 fully saturated rings. The van der Waals surface area contributed by atoms with E-state index in [0.717, 1.165) is 30.8 Å². The Morgan fingerprint density at radius 3 is 2.92 bits per heavy atom. The second-order valence-corrected chi connectivity index (χ2v) is 6.48. The molecule has 1 saturated heterocycles. The van der Waals surface area contributed by atoms with Crippen LogP contribution in [-0.4, -0.2) is 49.8 Å². The predicted octanol–water partition coefficient (Wildman–Crippen LogP) is 1.60. The molecule has 134 valence electrons. The third-order valence-electron chi connectivity index (χ3n) is 4.62. The number of piperidine rings is 1. The van der Waals surface area contributed by atoms with Crippen LogP contribution in [0, 0.1) is 0 Å². The van der Waals surface area contributed by atoms with E-state index in [4.69, 9.17) is 0 Å². The molecule has 0 unspecified atom stereocenters. The normalized spacial score (nSPS) is 17.3. The monoisotopic (exact) mass is 351 g/mol. The van der Waals surface area contributed by atoms with E-state index in [1.165, 1.54) is 0 Å². The Balaban J connectivity index is 1.42. The molecule has 4 rings (SSSR count). The lowest BCUT2D eigenvalue weighted by molar-refractivity contribution is 0.0928. The first-order chi connectivity index (χ1) is 12.7. The van der Waals surface area contributed by atoms with Crippen LogP contribution in [0.3, 0.4) is 0 Å². The van der Waals surface area contributed by atoms with Gasteiger partial charge in [0.15, 0.2) is 0 Å². The molecule has 1 aliphatic rings. The maximum atomic E-state index is 12.6. The number of aromatic nitrogens is 5. The van der Waals surface area contributed by atoms with Gasteiger partial charge in [0, 0.05) is 44.8 Å². The second-order valence-electron chi connectivity index (χ2n) is 6.48. The Labute approximate surface area is 151 Å². The van der Waals surface area contributed by atoms with Crippen molar-refractivity contribution in [2.24, 2.45) is 7.05 Å². The summed E-state index contributed by atoms with van der Waals surface area (Å²) in [4.78, 5) is 23.3. The van der Waals surface area contributed by atoms with Gasteiger partial charge in [0.25, 0.3) is 5.91 Å². The summed E-state index contributed by atoms with van der Waals surface area (Å²) in [5.41, 5.74) is 2.19. The van der Waals surface area contributed by atoms with Crippen LogP contribution >= 0.6 is 0 Å². The smallest absolute Gasteiger partial charge is 0.269 e. The average molecular weight is 351 g/mol. The van der Waals surface area contributed by atoms with E-state index in [-0.39, 0.29) is 11.9 Å². The summed E-state index contributed by atoms with van der Waals surface area (Å²) < 4.78 is 1.97. The third kappa shape index (κ3) is 3.30. The minimum Gasteiger partial charge on any atom is -0.349 e. The number of nitrogens with one attached hydrogen (secondary N) is 2. The van der Waals surface area contributed by atoms with Gasteiger partial charge in [0.1, 0.15) is 11.4 Å². The molecule has 26 heavy (non-hydrogen) atoms. The van der Waals surface area contributed by atoms with Crippen molar-refractivity contribution in [3.63, 3.8) is 0 Å². The van der Waals surface area contributed by atoms with Crippen LogP contribution < -0.4 is 10.2 Å². The van der Waals surface area contributed by atoms with Gasteiger partial charge in [0.2, 0.25) is 5.95 Å². The molecule has 1 amide bonds.